The predicted octanol–water partition coefficient (Wildman–Crippen LogP) is 6.77. The van der Waals surface area contributed by atoms with Gasteiger partial charge in [0.2, 0.25) is 0 Å². The van der Waals surface area contributed by atoms with E-state index in [0.29, 0.717) is 12.5 Å². The first-order valence-electron chi connectivity index (χ1n) is 11.2. The normalized spacial score (nSPS) is 12.4. The van der Waals surface area contributed by atoms with Gasteiger partial charge in [0.15, 0.2) is 0 Å². The van der Waals surface area contributed by atoms with Crippen LogP contribution >= 0.6 is 0 Å². The smallest absolute Gasteiger partial charge is 0.119 e. The zero-order valence-corrected chi connectivity index (χ0v) is 19.0. The number of rotatable bonds is 8. The van der Waals surface area contributed by atoms with Crippen molar-refractivity contribution in [1.82, 2.24) is 9.55 Å². The lowest BCUT2D eigenvalue weighted by molar-refractivity contribution is 0.298. The minimum atomic E-state index is 0.208. The van der Waals surface area contributed by atoms with Crippen molar-refractivity contribution in [2.75, 3.05) is 6.61 Å². The molecule has 3 aromatic carbocycles. The van der Waals surface area contributed by atoms with Crippen molar-refractivity contribution >= 4 is 11.0 Å². The molecule has 0 radical (unpaired) electrons. The third-order valence-corrected chi connectivity index (χ3v) is 5.80. The topological polar surface area (TPSA) is 27.1 Å². The van der Waals surface area contributed by atoms with Gasteiger partial charge in [-0.15, -0.1) is 0 Å². The molecule has 0 aliphatic carbocycles. The highest BCUT2D eigenvalue weighted by Crippen LogP contribution is 2.28. The predicted molar refractivity (Wildman–Crippen MR) is 129 cm³/mol. The molecule has 0 unspecified atom stereocenters. The number of para-hydroxylation sites is 2. The summed E-state index contributed by atoms with van der Waals surface area (Å²) in [6, 6.07) is 25.6. The molecule has 0 N–H and O–H groups in total. The van der Waals surface area contributed by atoms with Crippen LogP contribution in [0, 0.1) is 12.8 Å². The number of aryl methyl sites for hydroxylation is 1. The zero-order valence-electron chi connectivity index (χ0n) is 19.0. The highest BCUT2D eigenvalue weighted by molar-refractivity contribution is 5.76. The van der Waals surface area contributed by atoms with Gasteiger partial charge < -0.3 is 9.30 Å². The molecule has 0 saturated carbocycles. The van der Waals surface area contributed by atoms with Crippen LogP contribution in [0.2, 0.25) is 0 Å². The maximum atomic E-state index is 6.03. The zero-order chi connectivity index (χ0) is 21.8. The van der Waals surface area contributed by atoms with Crippen LogP contribution in [0.25, 0.3) is 11.0 Å². The number of hydrogen-bond donors (Lipinski definition) is 0. The fraction of sp³-hybridized carbons (Fsp3) is 0.321. The van der Waals surface area contributed by atoms with Gasteiger partial charge in [-0.1, -0.05) is 74.9 Å². The molecule has 3 heteroatoms. The van der Waals surface area contributed by atoms with Crippen LogP contribution in [0.3, 0.4) is 0 Å². The summed E-state index contributed by atoms with van der Waals surface area (Å²) >= 11 is 0. The summed E-state index contributed by atoms with van der Waals surface area (Å²) in [5, 5.41) is 0. The molecular formula is C28H32N2O. The van der Waals surface area contributed by atoms with Gasteiger partial charge in [0.1, 0.15) is 18.2 Å². The average Bonchev–Trinajstić information content (AvgIpc) is 3.13. The summed E-state index contributed by atoms with van der Waals surface area (Å²) < 4.78 is 8.34. The molecule has 0 spiro atoms. The van der Waals surface area contributed by atoms with E-state index in [9.17, 15) is 0 Å². The van der Waals surface area contributed by atoms with E-state index < -0.39 is 0 Å². The maximum absolute atomic E-state index is 6.03. The van der Waals surface area contributed by atoms with Crippen LogP contribution in [-0.4, -0.2) is 16.2 Å². The Morgan fingerprint density at radius 1 is 0.871 bits per heavy atom. The van der Waals surface area contributed by atoms with Crippen molar-refractivity contribution in [3.8, 4) is 5.75 Å². The van der Waals surface area contributed by atoms with Gasteiger partial charge in [0.25, 0.3) is 0 Å². The van der Waals surface area contributed by atoms with Gasteiger partial charge in [-0.3, -0.25) is 0 Å². The Morgan fingerprint density at radius 2 is 1.58 bits per heavy atom. The molecule has 1 atom stereocenters. The molecule has 0 bridgehead atoms. The highest BCUT2D eigenvalue weighted by atomic mass is 16.5. The first kappa shape index (κ1) is 21.2. The van der Waals surface area contributed by atoms with Crippen LogP contribution < -0.4 is 4.74 Å². The van der Waals surface area contributed by atoms with Gasteiger partial charge in [-0.2, -0.15) is 0 Å². The largest absolute Gasteiger partial charge is 0.492 e. The fourth-order valence-corrected chi connectivity index (χ4v) is 4.11. The van der Waals surface area contributed by atoms with Crippen molar-refractivity contribution in [3.63, 3.8) is 0 Å². The summed E-state index contributed by atoms with van der Waals surface area (Å²) in [4.78, 5) is 5.00. The standard InChI is InChI=1S/C28H32N2O/c1-20(2)19-23-11-13-24(14-12-23)22(4)28-29-26-7-5-6-8-27(26)30(28)17-18-31-25-15-9-21(3)10-16-25/h5-16,20,22H,17-19H2,1-4H3/t22-/m0/s1. The number of benzene rings is 3. The Labute approximate surface area is 185 Å². The Hall–Kier alpha value is -3.07. The Kier molecular flexibility index (Phi) is 6.41. The summed E-state index contributed by atoms with van der Waals surface area (Å²) in [5.41, 5.74) is 6.13. The van der Waals surface area contributed by atoms with Gasteiger partial charge in [-0.25, -0.2) is 4.98 Å². The molecule has 1 aromatic heterocycles. The van der Waals surface area contributed by atoms with Crippen LogP contribution in [0.5, 0.6) is 5.75 Å². The van der Waals surface area contributed by atoms with Gasteiger partial charge in [0, 0.05) is 5.92 Å². The summed E-state index contributed by atoms with van der Waals surface area (Å²) in [7, 11) is 0. The van der Waals surface area contributed by atoms with E-state index in [2.05, 4.69) is 92.9 Å². The van der Waals surface area contributed by atoms with Gasteiger partial charge in [-0.05, 0) is 54.7 Å². The molecule has 4 aromatic rings. The van der Waals surface area contributed by atoms with Crippen LogP contribution in [-0.2, 0) is 13.0 Å². The highest BCUT2D eigenvalue weighted by Gasteiger charge is 2.18. The van der Waals surface area contributed by atoms with Crippen LogP contribution in [0.1, 0.15) is 49.2 Å². The summed E-state index contributed by atoms with van der Waals surface area (Å²) in [6.07, 6.45) is 1.11. The minimum Gasteiger partial charge on any atom is -0.492 e. The van der Waals surface area contributed by atoms with Crippen molar-refractivity contribution in [3.05, 3.63) is 95.3 Å². The fourth-order valence-electron chi connectivity index (χ4n) is 4.11. The number of aromatic nitrogens is 2. The third-order valence-electron chi connectivity index (χ3n) is 5.80. The Morgan fingerprint density at radius 3 is 2.29 bits per heavy atom. The number of imidazole rings is 1. The minimum absolute atomic E-state index is 0.208. The summed E-state index contributed by atoms with van der Waals surface area (Å²) in [5.74, 6) is 2.87. The van der Waals surface area contributed by atoms with Crippen molar-refractivity contribution in [1.29, 1.82) is 0 Å². The molecule has 160 valence electrons. The quantitative estimate of drug-likeness (QED) is 0.319. The van der Waals surface area contributed by atoms with E-state index in [1.54, 1.807) is 0 Å². The molecule has 1 heterocycles. The number of nitrogens with zero attached hydrogens (tertiary/aromatic N) is 2. The first-order chi connectivity index (χ1) is 15.0. The van der Waals surface area contributed by atoms with Crippen molar-refractivity contribution in [2.24, 2.45) is 5.92 Å². The van der Waals surface area contributed by atoms with E-state index in [1.165, 1.54) is 16.7 Å². The molecule has 4 rings (SSSR count). The second-order valence-corrected chi connectivity index (χ2v) is 8.83. The SMILES string of the molecule is Cc1ccc(OCCn2c([C@@H](C)c3ccc(CC(C)C)cc3)nc3ccccc32)cc1. The molecule has 0 fully saturated rings. The van der Waals surface area contributed by atoms with E-state index in [1.807, 2.05) is 12.1 Å². The monoisotopic (exact) mass is 412 g/mol. The molecular weight excluding hydrogens is 380 g/mol. The van der Waals surface area contributed by atoms with E-state index in [-0.39, 0.29) is 5.92 Å². The van der Waals surface area contributed by atoms with E-state index in [0.717, 1.165) is 35.6 Å². The molecule has 0 saturated heterocycles. The summed E-state index contributed by atoms with van der Waals surface area (Å²) in [6.45, 7) is 10.2. The molecule has 31 heavy (non-hydrogen) atoms. The van der Waals surface area contributed by atoms with Crippen molar-refractivity contribution < 1.29 is 4.74 Å². The number of ether oxygens (including phenoxy) is 1. The molecule has 3 nitrogen and oxygen atoms in total. The van der Waals surface area contributed by atoms with Crippen molar-refractivity contribution in [2.45, 2.75) is 46.6 Å². The first-order valence-corrected chi connectivity index (χ1v) is 11.2. The van der Waals surface area contributed by atoms with Crippen LogP contribution in [0.15, 0.2) is 72.8 Å². The third kappa shape index (κ3) is 4.99. The maximum Gasteiger partial charge on any atom is 0.119 e. The molecule has 0 amide bonds. The lowest BCUT2D eigenvalue weighted by Gasteiger charge is -2.16. The average molecular weight is 413 g/mol. The lowest BCUT2D eigenvalue weighted by Crippen LogP contribution is -2.13. The Bertz CT molecular complexity index is 1120. The number of fused-ring (bicyclic) bond motifs is 1. The Balaban J connectivity index is 1.57. The second-order valence-electron chi connectivity index (χ2n) is 8.83. The van der Waals surface area contributed by atoms with Crippen LogP contribution in [0.4, 0.5) is 0 Å². The lowest BCUT2D eigenvalue weighted by atomic mass is 9.96. The van der Waals surface area contributed by atoms with E-state index >= 15 is 0 Å². The molecule has 0 aliphatic rings. The second kappa shape index (κ2) is 9.38. The van der Waals surface area contributed by atoms with Gasteiger partial charge >= 0.3 is 0 Å². The number of hydrogen-bond acceptors (Lipinski definition) is 2. The molecule has 0 aliphatic heterocycles. The van der Waals surface area contributed by atoms with Gasteiger partial charge in [0.05, 0.1) is 17.6 Å². The van der Waals surface area contributed by atoms with E-state index in [4.69, 9.17) is 9.72 Å².